The summed E-state index contributed by atoms with van der Waals surface area (Å²) in [7, 11) is 0. The summed E-state index contributed by atoms with van der Waals surface area (Å²) in [5.74, 6) is 0.903. The van der Waals surface area contributed by atoms with Crippen LogP contribution in [0.3, 0.4) is 0 Å². The molecule has 0 aliphatic carbocycles. The van der Waals surface area contributed by atoms with Crippen LogP contribution in [0.25, 0.3) is 0 Å². The molecule has 1 nitrogen and oxygen atoms in total. The molecule has 1 heteroatoms. The number of hydrogen-bond donors (Lipinski definition) is 1. The van der Waals surface area contributed by atoms with Crippen LogP contribution >= 0.6 is 0 Å². The highest BCUT2D eigenvalue weighted by Crippen LogP contribution is 2.16. The Bertz CT molecular complexity index is 104. The Hall–Kier alpha value is -0.0400. The van der Waals surface area contributed by atoms with E-state index in [2.05, 4.69) is 19.2 Å². The number of hydrogen-bond acceptors (Lipinski definition) is 1. The van der Waals surface area contributed by atoms with Crippen molar-refractivity contribution in [2.75, 3.05) is 6.54 Å². The van der Waals surface area contributed by atoms with Crippen molar-refractivity contribution < 1.29 is 0 Å². The lowest BCUT2D eigenvalue weighted by atomic mass is 9.96. The molecule has 1 saturated heterocycles. The Morgan fingerprint density at radius 3 is 2.92 bits per heavy atom. The van der Waals surface area contributed by atoms with E-state index >= 15 is 0 Å². The molecule has 0 aromatic heterocycles. The maximum atomic E-state index is 3.65. The summed E-state index contributed by atoms with van der Waals surface area (Å²) in [6, 6.07) is 0.822. The molecule has 1 rings (SSSR count). The lowest BCUT2D eigenvalue weighted by Crippen LogP contribution is -2.29. The molecule has 1 fully saturated rings. The molecule has 0 saturated carbocycles. The van der Waals surface area contributed by atoms with E-state index in [1.165, 1.54) is 45.1 Å². The molecule has 1 aliphatic rings. The molecule has 0 spiro atoms. The van der Waals surface area contributed by atoms with Gasteiger partial charge in [0.25, 0.3) is 0 Å². The van der Waals surface area contributed by atoms with Gasteiger partial charge in [-0.15, -0.1) is 0 Å². The van der Waals surface area contributed by atoms with Gasteiger partial charge in [0, 0.05) is 6.04 Å². The third-order valence-electron chi connectivity index (χ3n) is 3.05. The van der Waals surface area contributed by atoms with Crippen molar-refractivity contribution in [2.24, 2.45) is 5.92 Å². The second-order valence-electron chi connectivity index (χ2n) is 4.25. The summed E-state index contributed by atoms with van der Waals surface area (Å²) in [6.45, 7) is 5.91. The van der Waals surface area contributed by atoms with Gasteiger partial charge >= 0.3 is 0 Å². The molecule has 0 aromatic rings. The SMILES string of the molecule is CCC(C)CC1CCCCCN1. The summed E-state index contributed by atoms with van der Waals surface area (Å²) in [4.78, 5) is 0. The predicted octanol–water partition coefficient (Wildman–Crippen LogP) is 2.95. The molecule has 0 amide bonds. The molecule has 72 valence electrons. The lowest BCUT2D eigenvalue weighted by molar-refractivity contribution is 0.389. The van der Waals surface area contributed by atoms with Crippen molar-refractivity contribution in [3.8, 4) is 0 Å². The Morgan fingerprint density at radius 1 is 1.33 bits per heavy atom. The maximum absolute atomic E-state index is 3.65. The van der Waals surface area contributed by atoms with Crippen molar-refractivity contribution >= 4 is 0 Å². The van der Waals surface area contributed by atoms with Crippen molar-refractivity contribution in [2.45, 2.75) is 58.4 Å². The smallest absolute Gasteiger partial charge is 0.00695 e. The van der Waals surface area contributed by atoms with Gasteiger partial charge in [-0.25, -0.2) is 0 Å². The zero-order chi connectivity index (χ0) is 8.81. The van der Waals surface area contributed by atoms with Gasteiger partial charge in [-0.05, 0) is 31.7 Å². The van der Waals surface area contributed by atoms with Crippen LogP contribution in [-0.4, -0.2) is 12.6 Å². The first kappa shape index (κ1) is 10.0. The van der Waals surface area contributed by atoms with Gasteiger partial charge in [-0.1, -0.05) is 33.1 Å². The highest BCUT2D eigenvalue weighted by Gasteiger charge is 2.13. The average Bonchev–Trinajstić information content (AvgIpc) is 2.33. The molecule has 1 aliphatic heterocycles. The minimum Gasteiger partial charge on any atom is -0.314 e. The van der Waals surface area contributed by atoms with E-state index in [-0.39, 0.29) is 0 Å². The summed E-state index contributed by atoms with van der Waals surface area (Å²) in [5, 5.41) is 3.65. The molecule has 12 heavy (non-hydrogen) atoms. The minimum atomic E-state index is 0.822. The second-order valence-corrected chi connectivity index (χ2v) is 4.25. The van der Waals surface area contributed by atoms with Crippen LogP contribution in [-0.2, 0) is 0 Å². The normalized spacial score (nSPS) is 28.0. The van der Waals surface area contributed by atoms with E-state index in [9.17, 15) is 0 Å². The fourth-order valence-electron chi connectivity index (χ4n) is 1.95. The molecule has 2 unspecified atom stereocenters. The molecule has 1 N–H and O–H groups in total. The van der Waals surface area contributed by atoms with Crippen molar-refractivity contribution in [3.63, 3.8) is 0 Å². The lowest BCUT2D eigenvalue weighted by Gasteiger charge is -2.19. The molecular weight excluding hydrogens is 146 g/mol. The van der Waals surface area contributed by atoms with E-state index in [1.54, 1.807) is 0 Å². The number of nitrogens with one attached hydrogen (secondary N) is 1. The predicted molar refractivity (Wildman–Crippen MR) is 54.3 cm³/mol. The van der Waals surface area contributed by atoms with Crippen LogP contribution < -0.4 is 5.32 Å². The van der Waals surface area contributed by atoms with E-state index in [1.807, 2.05) is 0 Å². The van der Waals surface area contributed by atoms with E-state index < -0.39 is 0 Å². The number of rotatable bonds is 3. The Labute approximate surface area is 76.9 Å². The van der Waals surface area contributed by atoms with Gasteiger partial charge in [-0.2, -0.15) is 0 Å². The Morgan fingerprint density at radius 2 is 2.17 bits per heavy atom. The molecule has 2 atom stereocenters. The van der Waals surface area contributed by atoms with Crippen molar-refractivity contribution in [1.82, 2.24) is 5.32 Å². The van der Waals surface area contributed by atoms with Gasteiger partial charge in [0.05, 0.1) is 0 Å². The monoisotopic (exact) mass is 169 g/mol. The first-order valence-corrected chi connectivity index (χ1v) is 5.56. The molecular formula is C11H23N. The summed E-state index contributed by atoms with van der Waals surface area (Å²) in [6.07, 6.45) is 8.38. The fraction of sp³-hybridized carbons (Fsp3) is 1.00. The summed E-state index contributed by atoms with van der Waals surface area (Å²) >= 11 is 0. The van der Waals surface area contributed by atoms with Crippen LogP contribution in [0.5, 0.6) is 0 Å². The molecule has 0 aromatic carbocycles. The van der Waals surface area contributed by atoms with Gasteiger partial charge in [-0.3, -0.25) is 0 Å². The highest BCUT2D eigenvalue weighted by atomic mass is 14.9. The topological polar surface area (TPSA) is 12.0 Å². The van der Waals surface area contributed by atoms with Crippen LogP contribution in [0.1, 0.15) is 52.4 Å². The largest absolute Gasteiger partial charge is 0.314 e. The molecule has 1 heterocycles. The van der Waals surface area contributed by atoms with E-state index in [0.717, 1.165) is 12.0 Å². The zero-order valence-electron chi connectivity index (χ0n) is 8.60. The van der Waals surface area contributed by atoms with Crippen molar-refractivity contribution in [3.05, 3.63) is 0 Å². The minimum absolute atomic E-state index is 0.822. The summed E-state index contributed by atoms with van der Waals surface area (Å²) in [5.41, 5.74) is 0. The van der Waals surface area contributed by atoms with Gasteiger partial charge in [0.1, 0.15) is 0 Å². The third-order valence-corrected chi connectivity index (χ3v) is 3.05. The quantitative estimate of drug-likeness (QED) is 0.685. The highest BCUT2D eigenvalue weighted by molar-refractivity contribution is 4.72. The first-order chi connectivity index (χ1) is 5.83. The van der Waals surface area contributed by atoms with Gasteiger partial charge < -0.3 is 5.32 Å². The van der Waals surface area contributed by atoms with Gasteiger partial charge in [0.2, 0.25) is 0 Å². The fourth-order valence-corrected chi connectivity index (χ4v) is 1.95. The average molecular weight is 169 g/mol. The first-order valence-electron chi connectivity index (χ1n) is 5.56. The van der Waals surface area contributed by atoms with E-state index in [4.69, 9.17) is 0 Å². The maximum Gasteiger partial charge on any atom is 0.00695 e. The van der Waals surface area contributed by atoms with Crippen LogP contribution in [0.4, 0.5) is 0 Å². The summed E-state index contributed by atoms with van der Waals surface area (Å²) < 4.78 is 0. The van der Waals surface area contributed by atoms with Crippen molar-refractivity contribution in [1.29, 1.82) is 0 Å². The van der Waals surface area contributed by atoms with Crippen LogP contribution in [0, 0.1) is 5.92 Å². The Kier molecular flexibility index (Phi) is 4.67. The molecule has 0 bridgehead atoms. The van der Waals surface area contributed by atoms with Gasteiger partial charge in [0.15, 0.2) is 0 Å². The van der Waals surface area contributed by atoms with Crippen LogP contribution in [0.2, 0.25) is 0 Å². The zero-order valence-corrected chi connectivity index (χ0v) is 8.60. The van der Waals surface area contributed by atoms with E-state index in [0.29, 0.717) is 0 Å². The Balaban J connectivity index is 2.20. The van der Waals surface area contributed by atoms with Crippen LogP contribution in [0.15, 0.2) is 0 Å². The third kappa shape index (κ3) is 3.57. The molecule has 0 radical (unpaired) electrons. The second kappa shape index (κ2) is 5.58. The standard InChI is InChI=1S/C11H23N/c1-3-10(2)9-11-7-5-4-6-8-12-11/h10-12H,3-9H2,1-2H3.